The van der Waals surface area contributed by atoms with Crippen LogP contribution in [0.1, 0.15) is 11.1 Å². The van der Waals surface area contributed by atoms with Crippen molar-refractivity contribution in [1.29, 1.82) is 0 Å². The number of nitrogens with two attached hydrogens (primary N) is 1. The first kappa shape index (κ1) is 22.5. The summed E-state index contributed by atoms with van der Waals surface area (Å²) in [5, 5.41) is 2.54. The topological polar surface area (TPSA) is 84.7 Å². The van der Waals surface area contributed by atoms with Crippen molar-refractivity contribution in [2.45, 2.75) is 13.0 Å². The van der Waals surface area contributed by atoms with Gasteiger partial charge in [0, 0.05) is 13.1 Å². The lowest BCUT2D eigenvalue weighted by atomic mass is 10.1. The minimum Gasteiger partial charge on any atom is -0.497 e. The predicted octanol–water partition coefficient (Wildman–Crippen LogP) is 1.76. The summed E-state index contributed by atoms with van der Waals surface area (Å²) in [4.78, 5) is 25.6. The zero-order chi connectivity index (χ0) is 18.8. The van der Waals surface area contributed by atoms with E-state index in [-0.39, 0.29) is 37.3 Å². The molecule has 27 heavy (non-hydrogen) atoms. The van der Waals surface area contributed by atoms with Crippen molar-refractivity contribution in [2.75, 3.05) is 26.7 Å². The molecule has 0 saturated carbocycles. The number of halogens is 1. The smallest absolute Gasteiger partial charge is 0.242 e. The number of hydrogen-bond acceptors (Lipinski definition) is 4. The summed E-state index contributed by atoms with van der Waals surface area (Å²) >= 11 is 0. The highest BCUT2D eigenvalue weighted by atomic mass is 35.5. The maximum absolute atomic E-state index is 12.5. The van der Waals surface area contributed by atoms with Gasteiger partial charge in [0.2, 0.25) is 11.8 Å². The minimum atomic E-state index is -0.340. The summed E-state index contributed by atoms with van der Waals surface area (Å²) < 4.78 is 5.16. The molecular weight excluding hydrogens is 366 g/mol. The Morgan fingerprint density at radius 3 is 2.30 bits per heavy atom. The van der Waals surface area contributed by atoms with Gasteiger partial charge in [0.15, 0.2) is 0 Å². The minimum absolute atomic E-state index is 0. The first-order chi connectivity index (χ1) is 12.6. The maximum atomic E-state index is 12.5. The predicted molar refractivity (Wildman–Crippen MR) is 108 cm³/mol. The first-order valence-corrected chi connectivity index (χ1v) is 8.53. The standard InChI is InChI=1S/C20H25N3O3.ClH/c1-26-18-9-7-16(8-10-18)11-12-23(15-17-5-3-2-4-6-17)20(25)14-22-19(24)13-21;/h2-10H,11-15,21H2,1H3,(H,22,24);1H. The Balaban J connectivity index is 0.00000364. The third kappa shape index (κ3) is 7.68. The van der Waals surface area contributed by atoms with E-state index in [4.69, 9.17) is 10.5 Å². The number of hydrogen-bond donors (Lipinski definition) is 2. The number of nitrogens with zero attached hydrogens (tertiary/aromatic N) is 1. The fourth-order valence-corrected chi connectivity index (χ4v) is 2.51. The van der Waals surface area contributed by atoms with E-state index in [0.29, 0.717) is 19.5 Å². The van der Waals surface area contributed by atoms with Gasteiger partial charge in [-0.3, -0.25) is 9.59 Å². The number of amides is 2. The molecule has 0 atom stereocenters. The third-order valence-electron chi connectivity index (χ3n) is 4.02. The van der Waals surface area contributed by atoms with E-state index in [0.717, 1.165) is 16.9 Å². The summed E-state index contributed by atoms with van der Waals surface area (Å²) in [6, 6.07) is 17.6. The molecule has 2 aromatic carbocycles. The first-order valence-electron chi connectivity index (χ1n) is 8.53. The highest BCUT2D eigenvalue weighted by molar-refractivity contribution is 5.85. The van der Waals surface area contributed by atoms with E-state index < -0.39 is 0 Å². The van der Waals surface area contributed by atoms with Gasteiger partial charge in [-0.1, -0.05) is 42.5 Å². The zero-order valence-electron chi connectivity index (χ0n) is 15.4. The maximum Gasteiger partial charge on any atom is 0.242 e. The van der Waals surface area contributed by atoms with Crippen LogP contribution >= 0.6 is 12.4 Å². The van der Waals surface area contributed by atoms with Crippen molar-refractivity contribution in [3.63, 3.8) is 0 Å². The lowest BCUT2D eigenvalue weighted by Crippen LogP contribution is -2.42. The van der Waals surface area contributed by atoms with E-state index in [1.54, 1.807) is 12.0 Å². The molecule has 0 saturated heterocycles. The van der Waals surface area contributed by atoms with Crippen LogP contribution in [0.4, 0.5) is 0 Å². The fourth-order valence-electron chi connectivity index (χ4n) is 2.51. The van der Waals surface area contributed by atoms with Gasteiger partial charge in [-0.15, -0.1) is 12.4 Å². The summed E-state index contributed by atoms with van der Waals surface area (Å²) in [5.74, 6) is 0.327. The van der Waals surface area contributed by atoms with Gasteiger partial charge in [-0.2, -0.15) is 0 Å². The molecule has 0 bridgehead atoms. The normalized spacial score (nSPS) is 9.85. The van der Waals surface area contributed by atoms with E-state index in [2.05, 4.69) is 5.32 Å². The number of carbonyl (C=O) groups is 2. The molecule has 146 valence electrons. The van der Waals surface area contributed by atoms with Crippen LogP contribution in [0.25, 0.3) is 0 Å². The Morgan fingerprint density at radius 1 is 1.04 bits per heavy atom. The Hall–Kier alpha value is -2.57. The molecule has 0 aliphatic heterocycles. The Bertz CT molecular complexity index is 708. The quantitative estimate of drug-likeness (QED) is 0.682. The molecule has 0 radical (unpaired) electrons. The van der Waals surface area contributed by atoms with E-state index >= 15 is 0 Å². The molecule has 2 aromatic rings. The summed E-state index contributed by atoms with van der Waals surface area (Å²) in [7, 11) is 1.63. The van der Waals surface area contributed by atoms with Crippen LogP contribution in [-0.2, 0) is 22.6 Å². The van der Waals surface area contributed by atoms with Crippen LogP contribution in [0.5, 0.6) is 5.75 Å². The van der Waals surface area contributed by atoms with Gasteiger partial charge in [-0.05, 0) is 29.7 Å². The molecule has 6 nitrogen and oxygen atoms in total. The van der Waals surface area contributed by atoms with Crippen LogP contribution in [0.15, 0.2) is 54.6 Å². The van der Waals surface area contributed by atoms with Crippen molar-refractivity contribution in [3.05, 3.63) is 65.7 Å². The van der Waals surface area contributed by atoms with E-state index in [9.17, 15) is 9.59 Å². The number of ether oxygens (including phenoxy) is 1. The van der Waals surface area contributed by atoms with Gasteiger partial charge >= 0.3 is 0 Å². The van der Waals surface area contributed by atoms with Crippen LogP contribution < -0.4 is 15.8 Å². The van der Waals surface area contributed by atoms with Gasteiger partial charge in [0.1, 0.15) is 5.75 Å². The molecule has 3 N–H and O–H groups in total. The monoisotopic (exact) mass is 391 g/mol. The molecule has 7 heteroatoms. The van der Waals surface area contributed by atoms with E-state index in [1.807, 2.05) is 54.6 Å². The molecule has 0 heterocycles. The van der Waals surface area contributed by atoms with Crippen molar-refractivity contribution in [2.24, 2.45) is 5.73 Å². The second-order valence-corrected chi connectivity index (χ2v) is 5.88. The average Bonchev–Trinajstić information content (AvgIpc) is 2.70. The summed E-state index contributed by atoms with van der Waals surface area (Å²) in [6.07, 6.45) is 0.716. The number of nitrogens with one attached hydrogen (secondary N) is 1. The van der Waals surface area contributed by atoms with Crippen molar-refractivity contribution < 1.29 is 14.3 Å². The molecule has 0 unspecified atom stereocenters. The van der Waals surface area contributed by atoms with Crippen LogP contribution in [0, 0.1) is 0 Å². The average molecular weight is 392 g/mol. The SMILES string of the molecule is COc1ccc(CCN(Cc2ccccc2)C(=O)CNC(=O)CN)cc1.Cl. The molecule has 0 aromatic heterocycles. The molecule has 0 aliphatic rings. The molecule has 2 rings (SSSR count). The fraction of sp³-hybridized carbons (Fsp3) is 0.300. The lowest BCUT2D eigenvalue weighted by Gasteiger charge is -2.23. The lowest BCUT2D eigenvalue weighted by molar-refractivity contribution is -0.133. The molecule has 0 spiro atoms. The zero-order valence-corrected chi connectivity index (χ0v) is 16.2. The molecule has 2 amide bonds. The second kappa shape index (κ2) is 11.9. The van der Waals surface area contributed by atoms with Gasteiger partial charge < -0.3 is 20.7 Å². The number of methoxy groups -OCH3 is 1. The summed E-state index contributed by atoms with van der Waals surface area (Å²) in [6.45, 7) is 0.871. The number of benzene rings is 2. The highest BCUT2D eigenvalue weighted by Crippen LogP contribution is 2.13. The molecule has 0 aliphatic carbocycles. The number of rotatable bonds is 9. The highest BCUT2D eigenvalue weighted by Gasteiger charge is 2.15. The Labute approximate surface area is 166 Å². The molecule has 0 fully saturated rings. The Morgan fingerprint density at radius 2 is 1.70 bits per heavy atom. The van der Waals surface area contributed by atoms with Crippen LogP contribution in [0.2, 0.25) is 0 Å². The van der Waals surface area contributed by atoms with Crippen molar-refractivity contribution in [1.82, 2.24) is 10.2 Å². The van der Waals surface area contributed by atoms with Crippen LogP contribution in [0.3, 0.4) is 0 Å². The van der Waals surface area contributed by atoms with Crippen LogP contribution in [-0.4, -0.2) is 43.5 Å². The molecular formula is C20H26ClN3O3. The van der Waals surface area contributed by atoms with Gasteiger partial charge in [0.25, 0.3) is 0 Å². The number of carbonyl (C=O) groups excluding carboxylic acids is 2. The summed E-state index contributed by atoms with van der Waals surface area (Å²) in [5.41, 5.74) is 7.42. The van der Waals surface area contributed by atoms with Crippen molar-refractivity contribution in [3.8, 4) is 5.75 Å². The van der Waals surface area contributed by atoms with Gasteiger partial charge in [-0.25, -0.2) is 0 Å². The third-order valence-corrected chi connectivity index (χ3v) is 4.02. The Kier molecular flexibility index (Phi) is 9.93. The second-order valence-electron chi connectivity index (χ2n) is 5.88. The largest absolute Gasteiger partial charge is 0.497 e. The van der Waals surface area contributed by atoms with E-state index in [1.165, 1.54) is 0 Å². The van der Waals surface area contributed by atoms with Gasteiger partial charge in [0.05, 0.1) is 20.2 Å². The van der Waals surface area contributed by atoms with Crippen molar-refractivity contribution >= 4 is 24.2 Å².